The van der Waals surface area contributed by atoms with Crippen LogP contribution in [0.25, 0.3) is 0 Å². The van der Waals surface area contributed by atoms with Gasteiger partial charge in [0.15, 0.2) is 5.78 Å². The minimum Gasteiger partial charge on any atom is -0.426 e. The van der Waals surface area contributed by atoms with E-state index >= 15 is 0 Å². The van der Waals surface area contributed by atoms with Crippen molar-refractivity contribution in [1.29, 1.82) is 0 Å². The van der Waals surface area contributed by atoms with E-state index in [2.05, 4.69) is 0 Å². The molecule has 3 nitrogen and oxygen atoms in total. The fourth-order valence-corrected chi connectivity index (χ4v) is 2.38. The van der Waals surface area contributed by atoms with Crippen molar-refractivity contribution in [2.24, 2.45) is 0 Å². The summed E-state index contributed by atoms with van der Waals surface area (Å²) in [5.74, 6) is -0.507. The van der Waals surface area contributed by atoms with Crippen LogP contribution in [0.15, 0.2) is 36.4 Å². The molecule has 0 N–H and O–H groups in total. The maximum Gasteiger partial charge on any atom is 0.310 e. The van der Waals surface area contributed by atoms with E-state index in [0.717, 1.165) is 5.56 Å². The van der Waals surface area contributed by atoms with Crippen LogP contribution >= 0.6 is 23.2 Å². The molecule has 0 aromatic heterocycles. The van der Waals surface area contributed by atoms with Crippen LogP contribution in [0.3, 0.4) is 0 Å². The number of esters is 1. The molecule has 0 amide bonds. The zero-order valence-corrected chi connectivity index (χ0v) is 13.7. The standard InChI is InChI=1S/C17H14Cl2O3/c1-3-16(20)22-15-9-12(19)5-7-14(15)17(21)13-6-4-11(18)8-10(13)2/h4-9H,3H2,1-2H3. The van der Waals surface area contributed by atoms with E-state index in [4.69, 9.17) is 27.9 Å². The Morgan fingerprint density at radius 2 is 1.59 bits per heavy atom. The highest BCUT2D eigenvalue weighted by Crippen LogP contribution is 2.28. The highest BCUT2D eigenvalue weighted by molar-refractivity contribution is 6.31. The van der Waals surface area contributed by atoms with Crippen LogP contribution in [0, 0.1) is 6.92 Å². The van der Waals surface area contributed by atoms with E-state index in [1.165, 1.54) is 6.07 Å². The molecule has 114 valence electrons. The topological polar surface area (TPSA) is 43.4 Å². The molecule has 0 saturated heterocycles. The molecule has 0 unspecified atom stereocenters. The summed E-state index contributed by atoms with van der Waals surface area (Å²) in [4.78, 5) is 24.2. The van der Waals surface area contributed by atoms with E-state index < -0.39 is 5.97 Å². The van der Waals surface area contributed by atoms with Crippen LogP contribution in [-0.2, 0) is 4.79 Å². The highest BCUT2D eigenvalue weighted by Gasteiger charge is 2.18. The van der Waals surface area contributed by atoms with Gasteiger partial charge in [0.05, 0.1) is 5.56 Å². The third-order valence-corrected chi connectivity index (χ3v) is 3.60. The van der Waals surface area contributed by atoms with Gasteiger partial charge < -0.3 is 4.74 Å². The van der Waals surface area contributed by atoms with E-state index in [1.807, 2.05) is 0 Å². The number of aryl methyl sites for hydroxylation is 1. The highest BCUT2D eigenvalue weighted by atomic mass is 35.5. The Morgan fingerprint density at radius 3 is 2.18 bits per heavy atom. The molecule has 0 aliphatic heterocycles. The van der Waals surface area contributed by atoms with Crippen LogP contribution in [0.5, 0.6) is 5.75 Å². The van der Waals surface area contributed by atoms with Gasteiger partial charge in [0.25, 0.3) is 0 Å². The number of ether oxygens (including phenoxy) is 1. The quantitative estimate of drug-likeness (QED) is 0.455. The molecule has 0 saturated carbocycles. The number of ketones is 1. The van der Waals surface area contributed by atoms with Crippen molar-refractivity contribution < 1.29 is 14.3 Å². The van der Waals surface area contributed by atoms with Gasteiger partial charge in [-0.3, -0.25) is 9.59 Å². The molecule has 2 aromatic rings. The average Bonchev–Trinajstić information content (AvgIpc) is 2.46. The fourth-order valence-electron chi connectivity index (χ4n) is 1.99. The summed E-state index contributed by atoms with van der Waals surface area (Å²) in [5, 5.41) is 0.950. The van der Waals surface area contributed by atoms with Crippen LogP contribution < -0.4 is 4.74 Å². The lowest BCUT2D eigenvalue weighted by Gasteiger charge is -2.11. The van der Waals surface area contributed by atoms with Crippen molar-refractivity contribution in [3.8, 4) is 5.75 Å². The second-order valence-electron chi connectivity index (χ2n) is 4.76. The second-order valence-corrected chi connectivity index (χ2v) is 5.63. The number of carbonyl (C=O) groups is 2. The monoisotopic (exact) mass is 336 g/mol. The van der Waals surface area contributed by atoms with Gasteiger partial charge in [-0.25, -0.2) is 0 Å². The smallest absolute Gasteiger partial charge is 0.310 e. The van der Waals surface area contributed by atoms with Crippen molar-refractivity contribution in [1.82, 2.24) is 0 Å². The predicted octanol–water partition coefficient (Wildman–Crippen LogP) is 4.85. The minimum absolute atomic E-state index is 0.165. The molecule has 0 radical (unpaired) electrons. The maximum absolute atomic E-state index is 12.7. The Bertz CT molecular complexity index is 739. The van der Waals surface area contributed by atoms with Gasteiger partial charge in [0, 0.05) is 28.1 Å². The van der Waals surface area contributed by atoms with Crippen LogP contribution in [-0.4, -0.2) is 11.8 Å². The third kappa shape index (κ3) is 3.67. The van der Waals surface area contributed by atoms with Crippen LogP contribution in [0.4, 0.5) is 0 Å². The zero-order valence-electron chi connectivity index (χ0n) is 12.2. The lowest BCUT2D eigenvalue weighted by Crippen LogP contribution is -2.11. The number of carbonyl (C=O) groups excluding carboxylic acids is 2. The van der Waals surface area contributed by atoms with Gasteiger partial charge in [-0.05, 0) is 42.8 Å². The van der Waals surface area contributed by atoms with Gasteiger partial charge in [-0.1, -0.05) is 30.1 Å². The van der Waals surface area contributed by atoms with Crippen molar-refractivity contribution in [2.45, 2.75) is 20.3 Å². The van der Waals surface area contributed by atoms with Crippen molar-refractivity contribution in [2.75, 3.05) is 0 Å². The molecule has 0 bridgehead atoms. The first-order valence-electron chi connectivity index (χ1n) is 6.73. The van der Waals surface area contributed by atoms with Crippen molar-refractivity contribution in [3.05, 3.63) is 63.1 Å². The zero-order chi connectivity index (χ0) is 16.3. The summed E-state index contributed by atoms with van der Waals surface area (Å²) in [7, 11) is 0. The molecule has 0 spiro atoms. The summed E-state index contributed by atoms with van der Waals surface area (Å²) in [5.41, 5.74) is 1.54. The molecule has 2 rings (SSSR count). The summed E-state index contributed by atoms with van der Waals surface area (Å²) >= 11 is 11.8. The Balaban J connectivity index is 2.46. The Hall–Kier alpha value is -1.84. The minimum atomic E-state index is -0.427. The molecule has 0 atom stereocenters. The van der Waals surface area contributed by atoms with Gasteiger partial charge in [0.2, 0.25) is 0 Å². The van der Waals surface area contributed by atoms with Gasteiger partial charge in [-0.15, -0.1) is 0 Å². The number of benzene rings is 2. The lowest BCUT2D eigenvalue weighted by atomic mass is 9.98. The molecule has 0 aliphatic rings. The number of hydrogen-bond donors (Lipinski definition) is 0. The molecule has 22 heavy (non-hydrogen) atoms. The van der Waals surface area contributed by atoms with Gasteiger partial charge in [0.1, 0.15) is 5.75 Å². The van der Waals surface area contributed by atoms with E-state index in [-0.39, 0.29) is 23.5 Å². The number of hydrogen-bond acceptors (Lipinski definition) is 3. The normalized spacial score (nSPS) is 10.4. The molecule has 0 aliphatic carbocycles. The van der Waals surface area contributed by atoms with Crippen molar-refractivity contribution >= 4 is 35.0 Å². The van der Waals surface area contributed by atoms with Gasteiger partial charge >= 0.3 is 5.97 Å². The van der Waals surface area contributed by atoms with E-state index in [9.17, 15) is 9.59 Å². The molecule has 0 heterocycles. The van der Waals surface area contributed by atoms with Crippen molar-refractivity contribution in [3.63, 3.8) is 0 Å². The Kier molecular flexibility index (Phi) is 5.22. The number of rotatable bonds is 4. The van der Waals surface area contributed by atoms with Crippen LogP contribution in [0.1, 0.15) is 34.8 Å². The second kappa shape index (κ2) is 6.95. The van der Waals surface area contributed by atoms with Gasteiger partial charge in [-0.2, -0.15) is 0 Å². The maximum atomic E-state index is 12.7. The van der Waals surface area contributed by atoms with E-state index in [1.54, 1.807) is 44.2 Å². The number of halogens is 2. The first-order valence-corrected chi connectivity index (χ1v) is 7.49. The largest absolute Gasteiger partial charge is 0.426 e. The SMILES string of the molecule is CCC(=O)Oc1cc(Cl)ccc1C(=O)c1ccc(Cl)cc1C. The average molecular weight is 337 g/mol. The summed E-state index contributed by atoms with van der Waals surface area (Å²) in [6.45, 7) is 3.48. The Morgan fingerprint density at radius 1 is 1.00 bits per heavy atom. The molecular weight excluding hydrogens is 323 g/mol. The van der Waals surface area contributed by atoms with Crippen LogP contribution in [0.2, 0.25) is 10.0 Å². The summed E-state index contributed by atoms with van der Waals surface area (Å²) < 4.78 is 5.21. The third-order valence-electron chi connectivity index (χ3n) is 3.13. The molecule has 0 fully saturated rings. The predicted molar refractivity (Wildman–Crippen MR) is 87.0 cm³/mol. The molecule has 2 aromatic carbocycles. The first-order chi connectivity index (χ1) is 10.4. The molecular formula is C17H14Cl2O3. The molecule has 5 heteroatoms. The van der Waals surface area contributed by atoms with E-state index in [0.29, 0.717) is 15.6 Å². The fraction of sp³-hybridized carbons (Fsp3) is 0.176. The Labute approximate surface area is 138 Å². The summed E-state index contributed by atoms with van der Waals surface area (Å²) in [6.07, 6.45) is 0.208. The summed E-state index contributed by atoms with van der Waals surface area (Å²) in [6, 6.07) is 9.62. The first kappa shape index (κ1) is 16.5. The lowest BCUT2D eigenvalue weighted by molar-refractivity contribution is -0.134.